The standard InChI is InChI=1S/C24H32F2N4O4S/c1-6-17(2)27-24(32)18(3)29(15-19-11-7-8-12-20(19)25)23(31)16-30(35(33,34)28(4)5)22-14-10-9-13-21(22)26/h7-14,17-18H,6,15-16H2,1-5H3,(H,27,32)/t17-,18+/m0/s1. The first-order valence-corrected chi connectivity index (χ1v) is 12.6. The fourth-order valence-corrected chi connectivity index (χ4v) is 4.28. The summed E-state index contributed by atoms with van der Waals surface area (Å²) in [6.07, 6.45) is 0.655. The Morgan fingerprint density at radius 3 is 2.09 bits per heavy atom. The van der Waals surface area contributed by atoms with Crippen LogP contribution in [0.2, 0.25) is 0 Å². The molecule has 0 aliphatic rings. The van der Waals surface area contributed by atoms with E-state index in [9.17, 15) is 26.8 Å². The quantitative estimate of drug-likeness (QED) is 0.503. The highest BCUT2D eigenvalue weighted by atomic mass is 32.2. The Kier molecular flexibility index (Phi) is 9.73. The summed E-state index contributed by atoms with van der Waals surface area (Å²) >= 11 is 0. The molecule has 2 aromatic rings. The minimum Gasteiger partial charge on any atom is -0.352 e. The second-order valence-corrected chi connectivity index (χ2v) is 10.4. The van der Waals surface area contributed by atoms with Crippen molar-refractivity contribution in [3.05, 3.63) is 65.7 Å². The Morgan fingerprint density at radius 1 is 0.971 bits per heavy atom. The highest BCUT2D eigenvalue weighted by Gasteiger charge is 2.34. The van der Waals surface area contributed by atoms with Gasteiger partial charge in [0.05, 0.1) is 5.69 Å². The monoisotopic (exact) mass is 510 g/mol. The van der Waals surface area contributed by atoms with Crippen LogP contribution in [0.5, 0.6) is 0 Å². The van der Waals surface area contributed by atoms with Gasteiger partial charge in [-0.15, -0.1) is 0 Å². The van der Waals surface area contributed by atoms with Gasteiger partial charge in [-0.3, -0.25) is 9.59 Å². The zero-order valence-corrected chi connectivity index (χ0v) is 21.4. The fourth-order valence-electron chi connectivity index (χ4n) is 3.21. The van der Waals surface area contributed by atoms with E-state index in [4.69, 9.17) is 0 Å². The fraction of sp³-hybridized carbons (Fsp3) is 0.417. The van der Waals surface area contributed by atoms with Gasteiger partial charge in [0.25, 0.3) is 0 Å². The van der Waals surface area contributed by atoms with E-state index in [-0.39, 0.29) is 23.8 Å². The molecule has 0 bridgehead atoms. The number of halogens is 2. The first kappa shape index (κ1) is 28.2. The molecule has 0 heterocycles. The number of carbonyl (C=O) groups excluding carboxylic acids is 2. The molecule has 2 amide bonds. The highest BCUT2D eigenvalue weighted by Crippen LogP contribution is 2.24. The Balaban J connectivity index is 2.48. The van der Waals surface area contributed by atoms with Crippen LogP contribution in [0.3, 0.4) is 0 Å². The molecule has 0 unspecified atom stereocenters. The largest absolute Gasteiger partial charge is 0.352 e. The van der Waals surface area contributed by atoms with Crippen LogP contribution in [0, 0.1) is 11.6 Å². The third kappa shape index (κ3) is 6.98. The van der Waals surface area contributed by atoms with Gasteiger partial charge in [-0.2, -0.15) is 12.7 Å². The van der Waals surface area contributed by atoms with Crippen molar-refractivity contribution in [1.29, 1.82) is 0 Å². The van der Waals surface area contributed by atoms with Gasteiger partial charge in [-0.05, 0) is 38.5 Å². The molecule has 8 nitrogen and oxygen atoms in total. The topological polar surface area (TPSA) is 90.0 Å². The molecule has 0 saturated heterocycles. The van der Waals surface area contributed by atoms with E-state index in [2.05, 4.69) is 5.32 Å². The number of anilines is 1. The van der Waals surface area contributed by atoms with E-state index in [1.807, 2.05) is 6.92 Å². The smallest absolute Gasteiger partial charge is 0.304 e. The number of nitrogens with zero attached hydrogens (tertiary/aromatic N) is 3. The Bertz CT molecular complexity index is 1140. The lowest BCUT2D eigenvalue weighted by Gasteiger charge is -2.33. The molecule has 2 aromatic carbocycles. The van der Waals surface area contributed by atoms with Gasteiger partial charge < -0.3 is 10.2 Å². The maximum absolute atomic E-state index is 14.6. The predicted molar refractivity (Wildman–Crippen MR) is 131 cm³/mol. The molecule has 0 saturated carbocycles. The van der Waals surface area contributed by atoms with Gasteiger partial charge in [0.1, 0.15) is 24.2 Å². The third-order valence-electron chi connectivity index (χ3n) is 5.61. The Labute approximate surface area is 205 Å². The summed E-state index contributed by atoms with van der Waals surface area (Å²) in [5.74, 6) is -2.69. The van der Waals surface area contributed by atoms with Gasteiger partial charge in [0, 0.05) is 32.2 Å². The van der Waals surface area contributed by atoms with Crippen molar-refractivity contribution >= 4 is 27.7 Å². The molecule has 0 fully saturated rings. The summed E-state index contributed by atoms with van der Waals surface area (Å²) in [5.41, 5.74) is -0.172. The summed E-state index contributed by atoms with van der Waals surface area (Å²) in [4.78, 5) is 27.4. The summed E-state index contributed by atoms with van der Waals surface area (Å²) < 4.78 is 56.5. The van der Waals surface area contributed by atoms with Crippen LogP contribution < -0.4 is 9.62 Å². The zero-order chi connectivity index (χ0) is 26.3. The van der Waals surface area contributed by atoms with Crippen molar-refractivity contribution in [3.8, 4) is 0 Å². The van der Waals surface area contributed by atoms with Gasteiger partial charge in [0.15, 0.2) is 0 Å². The van der Waals surface area contributed by atoms with Crippen molar-refractivity contribution in [1.82, 2.24) is 14.5 Å². The molecule has 0 radical (unpaired) electrons. The van der Waals surface area contributed by atoms with Gasteiger partial charge >= 0.3 is 10.2 Å². The van der Waals surface area contributed by atoms with Crippen LogP contribution in [0.1, 0.15) is 32.8 Å². The lowest BCUT2D eigenvalue weighted by molar-refractivity contribution is -0.139. The number of rotatable bonds is 11. The minimum atomic E-state index is -4.29. The molecule has 192 valence electrons. The van der Waals surface area contributed by atoms with Crippen molar-refractivity contribution in [2.24, 2.45) is 0 Å². The van der Waals surface area contributed by atoms with E-state index in [0.717, 1.165) is 15.3 Å². The average Bonchev–Trinajstić information content (AvgIpc) is 2.81. The zero-order valence-electron chi connectivity index (χ0n) is 20.5. The molecule has 2 atom stereocenters. The van der Waals surface area contributed by atoms with E-state index in [1.54, 1.807) is 13.0 Å². The normalized spacial score (nSPS) is 13.3. The summed E-state index contributed by atoms with van der Waals surface area (Å²) in [6, 6.07) is 9.72. The lowest BCUT2D eigenvalue weighted by atomic mass is 10.1. The van der Waals surface area contributed by atoms with Crippen LogP contribution in [0.4, 0.5) is 14.5 Å². The molecular formula is C24H32F2N4O4S. The second kappa shape index (κ2) is 12.1. The van der Waals surface area contributed by atoms with Crippen molar-refractivity contribution in [3.63, 3.8) is 0 Å². The van der Waals surface area contributed by atoms with E-state index in [1.165, 1.54) is 57.4 Å². The molecule has 1 N–H and O–H groups in total. The van der Waals surface area contributed by atoms with Crippen LogP contribution >= 0.6 is 0 Å². The minimum absolute atomic E-state index is 0.150. The molecule has 0 aliphatic heterocycles. The van der Waals surface area contributed by atoms with Gasteiger partial charge in [-0.25, -0.2) is 13.1 Å². The van der Waals surface area contributed by atoms with Crippen molar-refractivity contribution in [2.45, 2.75) is 45.8 Å². The lowest BCUT2D eigenvalue weighted by Crippen LogP contribution is -2.53. The molecule has 2 rings (SSSR count). The van der Waals surface area contributed by atoms with E-state index in [0.29, 0.717) is 10.7 Å². The maximum atomic E-state index is 14.6. The van der Waals surface area contributed by atoms with Crippen LogP contribution in [-0.2, 0) is 26.3 Å². The second-order valence-electron chi connectivity index (χ2n) is 8.36. The SMILES string of the molecule is CC[C@H](C)NC(=O)[C@@H](C)N(Cc1ccccc1F)C(=O)CN(c1ccccc1F)S(=O)(=O)N(C)C. The number of benzene rings is 2. The highest BCUT2D eigenvalue weighted by molar-refractivity contribution is 7.90. The molecule has 0 spiro atoms. The third-order valence-corrected chi connectivity index (χ3v) is 7.41. The van der Waals surface area contributed by atoms with E-state index >= 15 is 0 Å². The van der Waals surface area contributed by atoms with Crippen LogP contribution in [-0.4, -0.2) is 62.2 Å². The maximum Gasteiger partial charge on any atom is 0.304 e. The first-order valence-electron chi connectivity index (χ1n) is 11.2. The van der Waals surface area contributed by atoms with Crippen molar-refractivity contribution < 1.29 is 26.8 Å². The van der Waals surface area contributed by atoms with E-state index < -0.39 is 46.2 Å². The average molecular weight is 511 g/mol. The first-order chi connectivity index (χ1) is 16.4. The number of hydrogen-bond acceptors (Lipinski definition) is 4. The summed E-state index contributed by atoms with van der Waals surface area (Å²) in [5, 5.41) is 2.78. The number of hydrogen-bond donors (Lipinski definition) is 1. The Hall–Kier alpha value is -3.05. The van der Waals surface area contributed by atoms with Crippen molar-refractivity contribution in [2.75, 3.05) is 24.9 Å². The summed E-state index contributed by atoms with van der Waals surface area (Å²) in [7, 11) is -1.77. The number of carbonyl (C=O) groups is 2. The molecular weight excluding hydrogens is 478 g/mol. The summed E-state index contributed by atoms with van der Waals surface area (Å²) in [6.45, 7) is 4.09. The van der Waals surface area contributed by atoms with Crippen LogP contribution in [0.15, 0.2) is 48.5 Å². The molecule has 0 aromatic heterocycles. The predicted octanol–water partition coefficient (Wildman–Crippen LogP) is 2.91. The molecule has 0 aliphatic carbocycles. The number of nitrogens with one attached hydrogen (secondary N) is 1. The van der Waals surface area contributed by atoms with Crippen LogP contribution in [0.25, 0.3) is 0 Å². The molecule has 35 heavy (non-hydrogen) atoms. The van der Waals surface area contributed by atoms with Gasteiger partial charge in [-0.1, -0.05) is 37.3 Å². The number of para-hydroxylation sites is 1. The molecule has 11 heteroatoms. The Morgan fingerprint density at radius 2 is 1.54 bits per heavy atom. The number of amides is 2. The van der Waals surface area contributed by atoms with Gasteiger partial charge in [0.2, 0.25) is 11.8 Å².